The lowest BCUT2D eigenvalue weighted by molar-refractivity contribution is 0.0951. The first-order valence-electron chi connectivity index (χ1n) is 9.99. The first kappa shape index (κ1) is 21.0. The number of amides is 1. The second-order valence-corrected chi connectivity index (χ2v) is 6.95. The molecule has 0 aliphatic rings. The lowest BCUT2D eigenvalue weighted by Gasteiger charge is -2.13. The van der Waals surface area contributed by atoms with Gasteiger partial charge in [0.1, 0.15) is 22.9 Å². The fraction of sp³-hybridized carbons (Fsp3) is 0.0800. The highest BCUT2D eigenvalue weighted by molar-refractivity contribution is 5.99. The van der Waals surface area contributed by atoms with Crippen molar-refractivity contribution in [1.82, 2.24) is 15.3 Å². The number of ether oxygens (including phenoxy) is 1. The highest BCUT2D eigenvalue weighted by atomic mass is 19.1. The van der Waals surface area contributed by atoms with Crippen LogP contribution in [0.1, 0.15) is 15.9 Å². The lowest BCUT2D eigenvalue weighted by atomic mass is 10.2. The standard InChI is InChI=1S/C25H21FN4O2/c1-32-20-12-7-11-19(14-20)29-24-21(16-27-23(30-24)17-8-3-2-4-9-17)25(31)28-15-18-10-5-6-13-22(18)26/h2-14,16H,15H2,1H3,(H,28,31)(H,27,29,30). The first-order valence-corrected chi connectivity index (χ1v) is 9.99. The predicted octanol–water partition coefficient (Wildman–Crippen LogP) is 4.96. The first-order chi connectivity index (χ1) is 15.6. The zero-order valence-corrected chi connectivity index (χ0v) is 17.4. The summed E-state index contributed by atoms with van der Waals surface area (Å²) in [6, 6.07) is 23.1. The lowest BCUT2D eigenvalue weighted by Crippen LogP contribution is -2.25. The van der Waals surface area contributed by atoms with Crippen LogP contribution in [0.2, 0.25) is 0 Å². The Morgan fingerprint density at radius 1 is 1.00 bits per heavy atom. The Balaban J connectivity index is 1.65. The van der Waals surface area contributed by atoms with Gasteiger partial charge in [-0.1, -0.05) is 54.6 Å². The van der Waals surface area contributed by atoms with Gasteiger partial charge in [-0.05, 0) is 18.2 Å². The van der Waals surface area contributed by atoms with Crippen LogP contribution < -0.4 is 15.4 Å². The predicted molar refractivity (Wildman–Crippen MR) is 121 cm³/mol. The number of hydrogen-bond acceptors (Lipinski definition) is 5. The Bertz CT molecular complexity index is 1230. The Kier molecular flexibility index (Phi) is 6.36. The molecule has 2 N–H and O–H groups in total. The zero-order valence-electron chi connectivity index (χ0n) is 17.4. The molecule has 6 nitrogen and oxygen atoms in total. The average Bonchev–Trinajstić information content (AvgIpc) is 2.84. The molecular weight excluding hydrogens is 407 g/mol. The number of carbonyl (C=O) groups excluding carboxylic acids is 1. The molecule has 0 saturated carbocycles. The summed E-state index contributed by atoms with van der Waals surface area (Å²) in [5, 5.41) is 5.92. The number of nitrogens with one attached hydrogen (secondary N) is 2. The highest BCUT2D eigenvalue weighted by Crippen LogP contribution is 2.25. The molecule has 1 amide bonds. The largest absolute Gasteiger partial charge is 0.497 e. The molecule has 32 heavy (non-hydrogen) atoms. The number of nitrogens with zero attached hydrogens (tertiary/aromatic N) is 2. The molecular formula is C25H21FN4O2. The van der Waals surface area contributed by atoms with Gasteiger partial charge in [-0.15, -0.1) is 0 Å². The number of methoxy groups -OCH3 is 1. The van der Waals surface area contributed by atoms with E-state index in [-0.39, 0.29) is 17.9 Å². The van der Waals surface area contributed by atoms with E-state index in [1.165, 1.54) is 12.3 Å². The van der Waals surface area contributed by atoms with E-state index in [0.717, 1.165) is 5.56 Å². The van der Waals surface area contributed by atoms with Gasteiger partial charge >= 0.3 is 0 Å². The second-order valence-electron chi connectivity index (χ2n) is 6.95. The molecule has 4 rings (SSSR count). The van der Waals surface area contributed by atoms with Gasteiger partial charge in [-0.2, -0.15) is 0 Å². The molecule has 0 aliphatic carbocycles. The minimum Gasteiger partial charge on any atom is -0.497 e. The maximum absolute atomic E-state index is 13.9. The van der Waals surface area contributed by atoms with Gasteiger partial charge in [-0.3, -0.25) is 4.79 Å². The molecule has 0 spiro atoms. The van der Waals surface area contributed by atoms with Crippen LogP contribution in [0.25, 0.3) is 11.4 Å². The van der Waals surface area contributed by atoms with E-state index < -0.39 is 5.91 Å². The molecule has 0 fully saturated rings. The van der Waals surface area contributed by atoms with Gasteiger partial charge in [0.25, 0.3) is 5.91 Å². The summed E-state index contributed by atoms with van der Waals surface area (Å²) in [5.74, 6) is 0.675. The van der Waals surface area contributed by atoms with Crippen molar-refractivity contribution in [3.8, 4) is 17.1 Å². The third-order valence-electron chi connectivity index (χ3n) is 4.80. The summed E-state index contributed by atoms with van der Waals surface area (Å²) in [5.41, 5.74) is 2.15. The van der Waals surface area contributed by atoms with E-state index in [0.29, 0.717) is 28.6 Å². The van der Waals surface area contributed by atoms with Crippen LogP contribution in [0.4, 0.5) is 15.9 Å². The summed E-state index contributed by atoms with van der Waals surface area (Å²) in [6.07, 6.45) is 1.47. The maximum Gasteiger partial charge on any atom is 0.256 e. The van der Waals surface area contributed by atoms with Crippen LogP contribution in [-0.2, 0) is 6.54 Å². The topological polar surface area (TPSA) is 76.1 Å². The van der Waals surface area contributed by atoms with E-state index in [9.17, 15) is 9.18 Å². The van der Waals surface area contributed by atoms with Crippen molar-refractivity contribution in [3.63, 3.8) is 0 Å². The smallest absolute Gasteiger partial charge is 0.256 e. The van der Waals surface area contributed by atoms with Crippen LogP contribution in [0.3, 0.4) is 0 Å². The van der Waals surface area contributed by atoms with E-state index in [1.807, 2.05) is 48.5 Å². The van der Waals surface area contributed by atoms with Gasteiger partial charge in [0, 0.05) is 35.6 Å². The van der Waals surface area contributed by atoms with Crippen molar-refractivity contribution in [3.05, 3.63) is 102 Å². The summed E-state index contributed by atoms with van der Waals surface area (Å²) in [6.45, 7) is 0.0462. The molecule has 1 heterocycles. The van der Waals surface area contributed by atoms with Crippen molar-refractivity contribution in [2.24, 2.45) is 0 Å². The van der Waals surface area contributed by atoms with Crippen molar-refractivity contribution < 1.29 is 13.9 Å². The molecule has 0 saturated heterocycles. The minimum atomic E-state index is -0.418. The molecule has 1 aromatic heterocycles. The molecule has 160 valence electrons. The quantitative estimate of drug-likeness (QED) is 0.435. The van der Waals surface area contributed by atoms with Crippen molar-refractivity contribution in [1.29, 1.82) is 0 Å². The molecule has 7 heteroatoms. The zero-order chi connectivity index (χ0) is 22.3. The minimum absolute atomic E-state index is 0.0462. The Morgan fingerprint density at radius 2 is 1.78 bits per heavy atom. The van der Waals surface area contributed by atoms with Gasteiger partial charge in [0.15, 0.2) is 5.82 Å². The van der Waals surface area contributed by atoms with Crippen LogP contribution in [0, 0.1) is 5.82 Å². The number of hydrogen-bond donors (Lipinski definition) is 2. The number of aromatic nitrogens is 2. The Morgan fingerprint density at radius 3 is 2.56 bits per heavy atom. The van der Waals surface area contributed by atoms with Crippen LogP contribution >= 0.6 is 0 Å². The monoisotopic (exact) mass is 428 g/mol. The fourth-order valence-electron chi connectivity index (χ4n) is 3.12. The van der Waals surface area contributed by atoms with Crippen LogP contribution in [0.15, 0.2) is 85.1 Å². The maximum atomic E-state index is 13.9. The van der Waals surface area contributed by atoms with Crippen molar-refractivity contribution >= 4 is 17.4 Å². The third kappa shape index (κ3) is 4.89. The molecule has 0 aliphatic heterocycles. The Labute approximate surface area is 185 Å². The molecule has 4 aromatic rings. The van der Waals surface area contributed by atoms with Gasteiger partial charge in [0.05, 0.1) is 7.11 Å². The van der Waals surface area contributed by atoms with Gasteiger partial charge in [0.2, 0.25) is 0 Å². The van der Waals surface area contributed by atoms with E-state index in [1.54, 1.807) is 31.4 Å². The fourth-order valence-corrected chi connectivity index (χ4v) is 3.12. The normalized spacial score (nSPS) is 10.4. The molecule has 3 aromatic carbocycles. The number of anilines is 2. The molecule has 0 bridgehead atoms. The highest BCUT2D eigenvalue weighted by Gasteiger charge is 2.16. The van der Waals surface area contributed by atoms with E-state index in [4.69, 9.17) is 4.74 Å². The van der Waals surface area contributed by atoms with Gasteiger partial charge in [-0.25, -0.2) is 14.4 Å². The summed E-state index contributed by atoms with van der Waals surface area (Å²) in [4.78, 5) is 21.9. The summed E-state index contributed by atoms with van der Waals surface area (Å²) < 4.78 is 19.2. The van der Waals surface area contributed by atoms with E-state index in [2.05, 4.69) is 20.6 Å². The Hall–Kier alpha value is -4.26. The number of halogens is 1. The van der Waals surface area contributed by atoms with Crippen LogP contribution in [-0.4, -0.2) is 23.0 Å². The van der Waals surface area contributed by atoms with E-state index >= 15 is 0 Å². The van der Waals surface area contributed by atoms with Crippen LogP contribution in [0.5, 0.6) is 5.75 Å². The summed E-state index contributed by atoms with van der Waals surface area (Å²) in [7, 11) is 1.58. The number of carbonyl (C=O) groups is 1. The van der Waals surface area contributed by atoms with Gasteiger partial charge < -0.3 is 15.4 Å². The van der Waals surface area contributed by atoms with Crippen molar-refractivity contribution in [2.45, 2.75) is 6.54 Å². The van der Waals surface area contributed by atoms with Crippen molar-refractivity contribution in [2.75, 3.05) is 12.4 Å². The second kappa shape index (κ2) is 9.70. The molecule has 0 radical (unpaired) electrons. The molecule has 0 unspecified atom stereocenters. The number of rotatable bonds is 7. The summed E-state index contributed by atoms with van der Waals surface area (Å²) >= 11 is 0. The SMILES string of the molecule is COc1cccc(Nc2nc(-c3ccccc3)ncc2C(=O)NCc2ccccc2F)c1. The average molecular weight is 428 g/mol. The number of benzene rings is 3. The third-order valence-corrected chi connectivity index (χ3v) is 4.80. The molecule has 0 atom stereocenters.